The summed E-state index contributed by atoms with van der Waals surface area (Å²) < 4.78 is 18.8. The van der Waals surface area contributed by atoms with E-state index in [2.05, 4.69) is 0 Å². The van der Waals surface area contributed by atoms with E-state index in [9.17, 15) is 14.0 Å². The first-order valence-electron chi connectivity index (χ1n) is 9.35. The summed E-state index contributed by atoms with van der Waals surface area (Å²) in [5, 5.41) is -0.335. The molecule has 0 atom stereocenters. The average molecular weight is 419 g/mol. The zero-order valence-electron chi connectivity index (χ0n) is 16.0. The van der Waals surface area contributed by atoms with Crippen molar-refractivity contribution in [2.24, 2.45) is 0 Å². The molecule has 4 nitrogen and oxygen atoms in total. The molecule has 0 bridgehead atoms. The summed E-state index contributed by atoms with van der Waals surface area (Å²) in [6.07, 6.45) is 1.69. The summed E-state index contributed by atoms with van der Waals surface area (Å²) in [5.41, 5.74) is 2.57. The molecule has 3 aromatic carbocycles. The second-order valence-electron chi connectivity index (χ2n) is 6.74. The second-order valence-corrected chi connectivity index (χ2v) is 7.73. The molecule has 0 radical (unpaired) electrons. The molecule has 30 heavy (non-hydrogen) atoms. The third kappa shape index (κ3) is 4.78. The monoisotopic (exact) mass is 419 g/mol. The summed E-state index contributed by atoms with van der Waals surface area (Å²) in [4.78, 5) is 26.4. The minimum atomic E-state index is -0.357. The Morgan fingerprint density at radius 1 is 0.867 bits per heavy atom. The van der Waals surface area contributed by atoms with Crippen LogP contribution in [0.15, 0.2) is 83.8 Å². The number of nitrogens with zero attached hydrogens (tertiary/aromatic N) is 1. The number of rotatable bonds is 6. The summed E-state index contributed by atoms with van der Waals surface area (Å²) in [7, 11) is 0. The molecule has 0 aromatic heterocycles. The van der Waals surface area contributed by atoms with Gasteiger partial charge in [-0.2, -0.15) is 0 Å². The van der Waals surface area contributed by atoms with Crippen LogP contribution in [0.2, 0.25) is 0 Å². The van der Waals surface area contributed by atoms with Crippen LogP contribution in [0.25, 0.3) is 6.08 Å². The van der Waals surface area contributed by atoms with Gasteiger partial charge in [0.05, 0.1) is 11.4 Å². The molecule has 3 aromatic rings. The van der Waals surface area contributed by atoms with E-state index in [0.717, 1.165) is 28.6 Å². The molecule has 2 amide bonds. The van der Waals surface area contributed by atoms with E-state index in [1.807, 2.05) is 54.6 Å². The number of amides is 2. The second kappa shape index (κ2) is 8.97. The number of imide groups is 1. The van der Waals surface area contributed by atoms with Crippen molar-refractivity contribution in [3.05, 3.63) is 106 Å². The highest BCUT2D eigenvalue weighted by atomic mass is 32.2. The highest BCUT2D eigenvalue weighted by molar-refractivity contribution is 8.18. The maximum absolute atomic E-state index is 13.1. The van der Waals surface area contributed by atoms with Crippen LogP contribution in [-0.2, 0) is 17.9 Å². The van der Waals surface area contributed by atoms with Gasteiger partial charge in [-0.1, -0.05) is 54.6 Å². The molecule has 4 rings (SSSR count). The van der Waals surface area contributed by atoms with Crippen molar-refractivity contribution in [3.63, 3.8) is 0 Å². The molecule has 1 heterocycles. The Morgan fingerprint density at radius 2 is 1.57 bits per heavy atom. The number of ether oxygens (including phenoxy) is 1. The molecule has 1 aliphatic heterocycles. The number of carbonyl (C=O) groups is 2. The Labute approximate surface area is 178 Å². The molecule has 0 aliphatic carbocycles. The summed E-state index contributed by atoms with van der Waals surface area (Å²) in [5.74, 6) is 0.0168. The molecule has 6 heteroatoms. The van der Waals surface area contributed by atoms with Crippen molar-refractivity contribution in [2.45, 2.75) is 13.2 Å². The van der Waals surface area contributed by atoms with E-state index in [-0.39, 0.29) is 23.5 Å². The first-order chi connectivity index (χ1) is 14.6. The maximum Gasteiger partial charge on any atom is 0.293 e. The van der Waals surface area contributed by atoms with Crippen LogP contribution in [0, 0.1) is 5.82 Å². The van der Waals surface area contributed by atoms with Gasteiger partial charge in [-0.05, 0) is 58.8 Å². The first-order valence-corrected chi connectivity index (χ1v) is 10.2. The van der Waals surface area contributed by atoms with E-state index in [1.54, 1.807) is 18.2 Å². The van der Waals surface area contributed by atoms with Gasteiger partial charge in [-0.3, -0.25) is 14.5 Å². The smallest absolute Gasteiger partial charge is 0.293 e. The van der Waals surface area contributed by atoms with E-state index in [0.29, 0.717) is 17.1 Å². The Hall–Kier alpha value is -3.38. The topological polar surface area (TPSA) is 46.6 Å². The predicted octanol–water partition coefficient (Wildman–Crippen LogP) is 5.64. The zero-order valence-corrected chi connectivity index (χ0v) is 16.8. The largest absolute Gasteiger partial charge is 0.489 e. The van der Waals surface area contributed by atoms with E-state index < -0.39 is 0 Å². The van der Waals surface area contributed by atoms with Gasteiger partial charge in [0.2, 0.25) is 0 Å². The summed E-state index contributed by atoms with van der Waals surface area (Å²) in [6.45, 7) is 0.594. The van der Waals surface area contributed by atoms with Crippen LogP contribution in [0.3, 0.4) is 0 Å². The molecule has 150 valence electrons. The lowest BCUT2D eigenvalue weighted by atomic mass is 10.2. The highest BCUT2D eigenvalue weighted by Gasteiger charge is 2.34. The fraction of sp³-hybridized carbons (Fsp3) is 0.0833. The quantitative estimate of drug-likeness (QED) is 0.485. The molecule has 0 saturated carbocycles. The summed E-state index contributed by atoms with van der Waals surface area (Å²) >= 11 is 0.904. The lowest BCUT2D eigenvalue weighted by Crippen LogP contribution is -2.27. The van der Waals surface area contributed by atoms with Crippen LogP contribution >= 0.6 is 11.8 Å². The maximum atomic E-state index is 13.1. The first kappa shape index (κ1) is 19.9. The van der Waals surface area contributed by atoms with E-state index in [4.69, 9.17) is 4.74 Å². The van der Waals surface area contributed by atoms with Gasteiger partial charge in [0.15, 0.2) is 0 Å². The average Bonchev–Trinajstić information content (AvgIpc) is 3.03. The van der Waals surface area contributed by atoms with Gasteiger partial charge in [0.25, 0.3) is 11.1 Å². The number of halogens is 1. The molecule has 1 fully saturated rings. The fourth-order valence-electron chi connectivity index (χ4n) is 2.96. The molecule has 1 aliphatic rings. The Morgan fingerprint density at radius 3 is 2.27 bits per heavy atom. The van der Waals surface area contributed by atoms with Crippen LogP contribution < -0.4 is 4.74 Å². The van der Waals surface area contributed by atoms with E-state index >= 15 is 0 Å². The molecular formula is C24H18FNO3S. The van der Waals surface area contributed by atoms with Gasteiger partial charge in [-0.15, -0.1) is 0 Å². The third-order valence-electron chi connectivity index (χ3n) is 4.55. The normalized spacial score (nSPS) is 15.1. The summed E-state index contributed by atoms with van der Waals surface area (Å²) in [6, 6.07) is 23.0. The van der Waals surface area contributed by atoms with Crippen LogP contribution in [0.1, 0.15) is 16.7 Å². The standard InChI is InChI=1S/C24H18FNO3S/c25-20-10-6-18(7-11-20)15-26-23(27)22(30-24(26)28)14-17-8-12-21(13-9-17)29-16-19-4-2-1-3-5-19/h1-14H,15-16H2/b22-14-. The lowest BCUT2D eigenvalue weighted by Gasteiger charge is -2.12. The van der Waals surface area contributed by atoms with Gasteiger partial charge in [0.1, 0.15) is 18.2 Å². The van der Waals surface area contributed by atoms with E-state index in [1.165, 1.54) is 17.0 Å². The van der Waals surface area contributed by atoms with Gasteiger partial charge >= 0.3 is 0 Å². The number of hydrogen-bond donors (Lipinski definition) is 0. The van der Waals surface area contributed by atoms with Gasteiger partial charge in [-0.25, -0.2) is 4.39 Å². The van der Waals surface area contributed by atoms with Crippen molar-refractivity contribution in [2.75, 3.05) is 0 Å². The molecule has 0 spiro atoms. The van der Waals surface area contributed by atoms with Gasteiger partial charge in [0, 0.05) is 0 Å². The molecule has 0 N–H and O–H groups in total. The van der Waals surface area contributed by atoms with Crippen LogP contribution in [0.5, 0.6) is 5.75 Å². The van der Waals surface area contributed by atoms with Crippen molar-refractivity contribution >= 4 is 29.0 Å². The Balaban J connectivity index is 1.41. The van der Waals surface area contributed by atoms with Crippen molar-refractivity contribution < 1.29 is 18.7 Å². The zero-order chi connectivity index (χ0) is 20.9. The molecule has 1 saturated heterocycles. The Bertz CT molecular complexity index is 1080. The highest BCUT2D eigenvalue weighted by Crippen LogP contribution is 2.33. The number of hydrogen-bond acceptors (Lipinski definition) is 4. The predicted molar refractivity (Wildman–Crippen MR) is 115 cm³/mol. The van der Waals surface area contributed by atoms with Gasteiger partial charge < -0.3 is 4.74 Å². The fourth-order valence-corrected chi connectivity index (χ4v) is 3.80. The number of carbonyl (C=O) groups excluding carboxylic acids is 2. The van der Waals surface area contributed by atoms with Crippen LogP contribution in [0.4, 0.5) is 9.18 Å². The SMILES string of the molecule is O=C1S/C(=C\c2ccc(OCc3ccccc3)cc2)C(=O)N1Cc1ccc(F)cc1. The number of benzene rings is 3. The lowest BCUT2D eigenvalue weighted by molar-refractivity contribution is -0.123. The number of thioether (sulfide) groups is 1. The molecule has 0 unspecified atom stereocenters. The van der Waals surface area contributed by atoms with Crippen molar-refractivity contribution in [3.8, 4) is 5.75 Å². The van der Waals surface area contributed by atoms with Crippen molar-refractivity contribution in [1.29, 1.82) is 0 Å². The third-order valence-corrected chi connectivity index (χ3v) is 5.46. The Kier molecular flexibility index (Phi) is 5.95. The minimum absolute atomic E-state index is 0.120. The molecular weight excluding hydrogens is 401 g/mol. The van der Waals surface area contributed by atoms with Crippen LogP contribution in [-0.4, -0.2) is 16.0 Å². The van der Waals surface area contributed by atoms with Crippen molar-refractivity contribution in [1.82, 2.24) is 4.90 Å². The minimum Gasteiger partial charge on any atom is -0.489 e.